The highest BCUT2D eigenvalue weighted by atomic mass is 16.7. The van der Waals surface area contributed by atoms with E-state index in [1.54, 1.807) is 0 Å². The Balaban J connectivity index is 2.39. The molecule has 1 heterocycles. The molecule has 1 aliphatic rings. The number of allylic oxidation sites excluding steroid dienone is 8. The smallest absolute Gasteiger partial charge is 0.249 e. The third-order valence-electron chi connectivity index (χ3n) is 13.3. The summed E-state index contributed by atoms with van der Waals surface area (Å²) in [5, 5.41) is 76.0. The SMILES string of the molecule is CCCCCCCCCCC/C=C\CCCCCCCCC(O)C(=O)NC(COC1OC(CO)C(O)C(O)C1O)C(O)C(O)CCC/C=C/CC/C=C/CC/C=C/CCCCCCCCCCC. The summed E-state index contributed by atoms with van der Waals surface area (Å²) >= 11 is 0. The van der Waals surface area contributed by atoms with Crippen LogP contribution >= 0.6 is 0 Å². The number of aliphatic hydroxyl groups is 7. The van der Waals surface area contributed by atoms with Gasteiger partial charge < -0.3 is 50.5 Å². The predicted molar refractivity (Wildman–Crippen MR) is 279 cm³/mol. The Bertz CT molecular complexity index is 1240. The van der Waals surface area contributed by atoms with Crippen molar-refractivity contribution in [3.05, 3.63) is 48.6 Å². The van der Waals surface area contributed by atoms with E-state index in [9.17, 15) is 40.5 Å². The number of carbonyl (C=O) groups is 1. The van der Waals surface area contributed by atoms with Crippen LogP contribution in [0.2, 0.25) is 0 Å². The first-order valence-electron chi connectivity index (χ1n) is 28.0. The van der Waals surface area contributed by atoms with Crippen molar-refractivity contribution in [3.63, 3.8) is 0 Å². The molecule has 68 heavy (non-hydrogen) atoms. The van der Waals surface area contributed by atoms with Gasteiger partial charge in [-0.3, -0.25) is 4.79 Å². The molecular formula is C57H105NO10. The number of ether oxygens (including phenoxy) is 2. The van der Waals surface area contributed by atoms with Gasteiger partial charge in [0, 0.05) is 0 Å². The fourth-order valence-corrected chi connectivity index (χ4v) is 8.70. The molecule has 1 amide bonds. The maximum absolute atomic E-state index is 13.2. The van der Waals surface area contributed by atoms with Crippen LogP contribution in [0.3, 0.4) is 0 Å². The van der Waals surface area contributed by atoms with Crippen molar-refractivity contribution >= 4 is 5.91 Å². The molecule has 11 heteroatoms. The zero-order chi connectivity index (χ0) is 49.7. The second-order valence-corrected chi connectivity index (χ2v) is 19.6. The summed E-state index contributed by atoms with van der Waals surface area (Å²) in [6, 6.07) is -1.20. The second kappa shape index (κ2) is 46.2. The predicted octanol–water partition coefficient (Wildman–Crippen LogP) is 11.3. The van der Waals surface area contributed by atoms with Gasteiger partial charge in [0.05, 0.1) is 25.4 Å². The highest BCUT2D eigenvalue weighted by molar-refractivity contribution is 5.80. The van der Waals surface area contributed by atoms with E-state index in [-0.39, 0.29) is 12.8 Å². The summed E-state index contributed by atoms with van der Waals surface area (Å²) < 4.78 is 11.1. The van der Waals surface area contributed by atoms with Crippen LogP contribution in [0.4, 0.5) is 0 Å². The summed E-state index contributed by atoms with van der Waals surface area (Å²) in [6.07, 6.45) is 45.9. The lowest BCUT2D eigenvalue weighted by molar-refractivity contribution is -0.303. The first kappa shape index (κ1) is 64.1. The highest BCUT2D eigenvalue weighted by Gasteiger charge is 2.44. The number of aliphatic hydroxyl groups excluding tert-OH is 7. The molecule has 398 valence electrons. The fourth-order valence-electron chi connectivity index (χ4n) is 8.70. The van der Waals surface area contributed by atoms with E-state index in [4.69, 9.17) is 9.47 Å². The van der Waals surface area contributed by atoms with E-state index < -0.39 is 74.2 Å². The van der Waals surface area contributed by atoms with Gasteiger partial charge in [-0.15, -0.1) is 0 Å². The minimum atomic E-state index is -1.67. The van der Waals surface area contributed by atoms with Gasteiger partial charge >= 0.3 is 0 Å². The van der Waals surface area contributed by atoms with Crippen LogP contribution in [-0.2, 0) is 14.3 Å². The number of carbonyl (C=O) groups excluding carboxylic acids is 1. The number of hydrogen-bond acceptors (Lipinski definition) is 10. The zero-order valence-electron chi connectivity index (χ0n) is 43.3. The standard InChI is InChI=1S/C57H105NO10/c1-3-5-7-9-11-13-15-17-19-21-23-24-25-27-28-30-32-34-36-38-40-42-44-49(60)52(62)48(47-67-57-55(65)54(64)53(63)51(46-59)68-57)58-56(66)50(61)45-43-41-39-37-35-33-31-29-26-22-20-18-16-14-12-10-8-6-4-2/h23-24,26,28-30,36,38,48-55,57,59-65H,3-22,25,27,31-35,37,39-47H2,1-2H3,(H,58,66)/b24-23+,29-26-,30-28+,38-36+. The van der Waals surface area contributed by atoms with Crippen LogP contribution < -0.4 is 5.32 Å². The first-order valence-corrected chi connectivity index (χ1v) is 28.0. The molecule has 8 N–H and O–H groups in total. The zero-order valence-corrected chi connectivity index (χ0v) is 43.3. The Morgan fingerprint density at radius 3 is 1.31 bits per heavy atom. The molecule has 11 nitrogen and oxygen atoms in total. The lowest BCUT2D eigenvalue weighted by atomic mass is 9.98. The van der Waals surface area contributed by atoms with Crippen molar-refractivity contribution in [2.75, 3.05) is 13.2 Å². The van der Waals surface area contributed by atoms with E-state index in [0.29, 0.717) is 19.3 Å². The number of amides is 1. The monoisotopic (exact) mass is 964 g/mol. The van der Waals surface area contributed by atoms with Crippen LogP contribution in [0, 0.1) is 0 Å². The van der Waals surface area contributed by atoms with Crippen molar-refractivity contribution in [1.29, 1.82) is 0 Å². The van der Waals surface area contributed by atoms with E-state index >= 15 is 0 Å². The molecule has 0 aromatic heterocycles. The molecule has 9 unspecified atom stereocenters. The van der Waals surface area contributed by atoms with Crippen LogP contribution in [0.5, 0.6) is 0 Å². The molecule has 1 fully saturated rings. The molecule has 0 aromatic rings. The van der Waals surface area contributed by atoms with Gasteiger partial charge in [0.2, 0.25) is 5.91 Å². The summed E-state index contributed by atoms with van der Waals surface area (Å²) in [7, 11) is 0. The Morgan fingerprint density at radius 1 is 0.500 bits per heavy atom. The van der Waals surface area contributed by atoms with Crippen molar-refractivity contribution in [2.45, 2.75) is 294 Å². The van der Waals surface area contributed by atoms with E-state index in [1.165, 1.54) is 128 Å². The summed E-state index contributed by atoms with van der Waals surface area (Å²) in [5.41, 5.74) is 0. The molecule has 0 saturated carbocycles. The van der Waals surface area contributed by atoms with Gasteiger partial charge in [-0.1, -0.05) is 197 Å². The van der Waals surface area contributed by atoms with Crippen molar-refractivity contribution in [2.24, 2.45) is 0 Å². The van der Waals surface area contributed by atoms with Crippen molar-refractivity contribution in [3.8, 4) is 0 Å². The molecule has 1 aliphatic heterocycles. The van der Waals surface area contributed by atoms with Crippen molar-refractivity contribution < 1.29 is 50.0 Å². The van der Waals surface area contributed by atoms with Crippen LogP contribution in [0.1, 0.15) is 239 Å². The normalized spacial score (nSPS) is 20.9. The minimum Gasteiger partial charge on any atom is -0.394 e. The molecular weight excluding hydrogens is 859 g/mol. The molecule has 0 spiro atoms. The summed E-state index contributed by atoms with van der Waals surface area (Å²) in [5.74, 6) is -0.717. The van der Waals surface area contributed by atoms with Crippen molar-refractivity contribution in [1.82, 2.24) is 5.32 Å². The van der Waals surface area contributed by atoms with E-state index in [2.05, 4.69) is 67.8 Å². The van der Waals surface area contributed by atoms with E-state index in [0.717, 1.165) is 64.2 Å². The minimum absolute atomic E-state index is 0.239. The molecule has 0 aliphatic carbocycles. The lowest BCUT2D eigenvalue weighted by Crippen LogP contribution is -2.60. The Labute approximate surface area is 415 Å². The number of rotatable bonds is 47. The van der Waals surface area contributed by atoms with Crippen LogP contribution in [0.15, 0.2) is 48.6 Å². The Morgan fingerprint density at radius 2 is 0.882 bits per heavy atom. The largest absolute Gasteiger partial charge is 0.394 e. The van der Waals surface area contributed by atoms with Gasteiger partial charge in [-0.2, -0.15) is 0 Å². The van der Waals surface area contributed by atoms with Crippen LogP contribution in [-0.4, -0.2) is 110 Å². The maximum atomic E-state index is 13.2. The topological polar surface area (TPSA) is 189 Å². The Kier molecular flexibility index (Phi) is 43.5. The Hall–Kier alpha value is -1.93. The number of unbranched alkanes of at least 4 members (excludes halogenated alkanes) is 27. The lowest BCUT2D eigenvalue weighted by Gasteiger charge is -2.40. The van der Waals surface area contributed by atoms with Gasteiger partial charge in [-0.05, 0) is 89.9 Å². The van der Waals surface area contributed by atoms with Crippen LogP contribution in [0.25, 0.3) is 0 Å². The van der Waals surface area contributed by atoms with Gasteiger partial charge in [0.25, 0.3) is 0 Å². The molecule has 1 saturated heterocycles. The maximum Gasteiger partial charge on any atom is 0.249 e. The first-order chi connectivity index (χ1) is 33.2. The molecule has 1 rings (SSSR count). The average molecular weight is 964 g/mol. The van der Waals surface area contributed by atoms with Gasteiger partial charge in [-0.25, -0.2) is 0 Å². The average Bonchev–Trinajstić information content (AvgIpc) is 3.34. The van der Waals surface area contributed by atoms with Gasteiger partial charge in [0.15, 0.2) is 6.29 Å². The third-order valence-corrected chi connectivity index (χ3v) is 13.3. The highest BCUT2D eigenvalue weighted by Crippen LogP contribution is 2.23. The number of hydrogen-bond donors (Lipinski definition) is 8. The number of nitrogens with one attached hydrogen (secondary N) is 1. The molecule has 0 aromatic carbocycles. The molecule has 0 radical (unpaired) electrons. The van der Waals surface area contributed by atoms with Gasteiger partial charge in [0.1, 0.15) is 36.6 Å². The summed E-state index contributed by atoms with van der Waals surface area (Å²) in [4.78, 5) is 13.2. The third kappa shape index (κ3) is 34.4. The quantitative estimate of drug-likeness (QED) is 0.0215. The molecule has 0 bridgehead atoms. The summed E-state index contributed by atoms with van der Waals surface area (Å²) in [6.45, 7) is 3.44. The fraction of sp³-hybridized carbons (Fsp3) is 0.842. The molecule has 9 atom stereocenters. The van der Waals surface area contributed by atoms with E-state index in [1.807, 2.05) is 0 Å². The second-order valence-electron chi connectivity index (χ2n) is 19.6.